The lowest BCUT2D eigenvalue weighted by Gasteiger charge is -2.39. The number of rotatable bonds is 2. The molecule has 1 aromatic rings. The number of carbonyl (C=O) groups excluding carboxylic acids is 1. The summed E-state index contributed by atoms with van der Waals surface area (Å²) in [5.74, 6) is 0.566. The molecule has 0 aliphatic carbocycles. The minimum atomic E-state index is -0.158. The van der Waals surface area contributed by atoms with E-state index in [9.17, 15) is 4.79 Å². The first kappa shape index (κ1) is 12.9. The van der Waals surface area contributed by atoms with Gasteiger partial charge in [0.25, 0.3) is 0 Å². The third kappa shape index (κ3) is 2.26. The first-order valence-electron chi connectivity index (χ1n) is 6.81. The zero-order valence-corrected chi connectivity index (χ0v) is 11.7. The third-order valence-corrected chi connectivity index (χ3v) is 4.43. The number of alkyl halides is 1. The average Bonchev–Trinajstić information content (AvgIpc) is 2.80. The molecule has 0 saturated carbocycles. The number of halogens is 1. The number of fused-ring (bicyclic) bond motifs is 2. The number of hydrogen-bond donors (Lipinski definition) is 0. The molecular formula is C15H18ClNO2. The smallest absolute Gasteiger partial charge is 0.223 e. The van der Waals surface area contributed by atoms with Crippen LogP contribution in [0.15, 0.2) is 24.3 Å². The average molecular weight is 280 g/mol. The van der Waals surface area contributed by atoms with Crippen molar-refractivity contribution in [3.05, 3.63) is 35.4 Å². The van der Waals surface area contributed by atoms with Crippen molar-refractivity contribution in [2.75, 3.05) is 19.0 Å². The highest BCUT2D eigenvalue weighted by Crippen LogP contribution is 2.43. The van der Waals surface area contributed by atoms with Crippen molar-refractivity contribution in [1.29, 1.82) is 0 Å². The quantitative estimate of drug-likeness (QED) is 0.779. The molecule has 0 atom stereocenters. The van der Waals surface area contributed by atoms with Gasteiger partial charge in [-0.25, -0.2) is 0 Å². The van der Waals surface area contributed by atoms with Crippen molar-refractivity contribution >= 4 is 17.5 Å². The molecule has 1 amide bonds. The molecule has 0 bridgehead atoms. The van der Waals surface area contributed by atoms with Gasteiger partial charge < -0.3 is 9.64 Å². The number of nitrogens with zero attached hydrogens (tertiary/aromatic N) is 1. The molecule has 2 aliphatic rings. The Labute approximate surface area is 118 Å². The predicted molar refractivity (Wildman–Crippen MR) is 74.1 cm³/mol. The molecule has 19 heavy (non-hydrogen) atoms. The summed E-state index contributed by atoms with van der Waals surface area (Å²) in [5.41, 5.74) is 2.46. The Bertz CT molecular complexity index is 481. The van der Waals surface area contributed by atoms with Crippen LogP contribution in [0.2, 0.25) is 0 Å². The number of likely N-dealkylation sites (tertiary alicyclic amines) is 1. The van der Waals surface area contributed by atoms with Gasteiger partial charge in [-0.1, -0.05) is 24.3 Å². The maximum absolute atomic E-state index is 11.8. The molecule has 2 heterocycles. The third-order valence-electron chi connectivity index (χ3n) is 4.24. The molecule has 1 fully saturated rings. The van der Waals surface area contributed by atoms with E-state index in [2.05, 4.69) is 24.3 Å². The van der Waals surface area contributed by atoms with E-state index in [4.69, 9.17) is 16.3 Å². The van der Waals surface area contributed by atoms with Gasteiger partial charge >= 0.3 is 0 Å². The molecule has 3 rings (SSSR count). The van der Waals surface area contributed by atoms with Crippen molar-refractivity contribution in [3.8, 4) is 0 Å². The molecule has 3 nitrogen and oxygen atoms in total. The standard InChI is InChI=1S/C15H18ClNO2/c16-8-5-14(18)17-9-6-15(7-10-17)13-4-2-1-3-12(13)11-19-15/h1-4H,5-11H2. The first-order valence-corrected chi connectivity index (χ1v) is 7.35. The monoisotopic (exact) mass is 279 g/mol. The molecule has 0 radical (unpaired) electrons. The van der Waals surface area contributed by atoms with E-state index < -0.39 is 0 Å². The van der Waals surface area contributed by atoms with Gasteiger partial charge in [0.1, 0.15) is 0 Å². The van der Waals surface area contributed by atoms with Gasteiger partial charge in [0.05, 0.1) is 12.2 Å². The summed E-state index contributed by atoms with van der Waals surface area (Å²) >= 11 is 5.63. The lowest BCUT2D eigenvalue weighted by atomic mass is 9.84. The molecule has 102 valence electrons. The summed E-state index contributed by atoms with van der Waals surface area (Å²) in [6.07, 6.45) is 2.21. The fraction of sp³-hybridized carbons (Fsp3) is 0.533. The van der Waals surface area contributed by atoms with E-state index >= 15 is 0 Å². The summed E-state index contributed by atoms with van der Waals surface area (Å²) in [6.45, 7) is 2.24. The SMILES string of the molecule is O=C(CCCl)N1CCC2(CC1)OCc1ccccc12. The highest BCUT2D eigenvalue weighted by molar-refractivity contribution is 6.18. The molecular weight excluding hydrogens is 262 g/mol. The Kier molecular flexibility index (Phi) is 3.50. The van der Waals surface area contributed by atoms with Crippen molar-refractivity contribution in [1.82, 2.24) is 4.90 Å². The number of carbonyl (C=O) groups is 1. The van der Waals surface area contributed by atoms with E-state index in [1.807, 2.05) is 4.90 Å². The van der Waals surface area contributed by atoms with Crippen LogP contribution in [0.1, 0.15) is 30.4 Å². The topological polar surface area (TPSA) is 29.5 Å². The number of benzene rings is 1. The molecule has 4 heteroatoms. The summed E-state index contributed by atoms with van der Waals surface area (Å²) in [6, 6.07) is 8.42. The Morgan fingerprint density at radius 1 is 1.32 bits per heavy atom. The zero-order valence-electron chi connectivity index (χ0n) is 10.9. The molecule has 1 spiro atoms. The van der Waals surface area contributed by atoms with E-state index in [1.165, 1.54) is 11.1 Å². The number of ether oxygens (including phenoxy) is 1. The number of hydrogen-bond acceptors (Lipinski definition) is 2. The van der Waals surface area contributed by atoms with Crippen LogP contribution in [0.3, 0.4) is 0 Å². The summed E-state index contributed by atoms with van der Waals surface area (Å²) < 4.78 is 6.08. The Balaban J connectivity index is 1.72. The summed E-state index contributed by atoms with van der Waals surface area (Å²) in [4.78, 5) is 13.8. The van der Waals surface area contributed by atoms with Crippen LogP contribution >= 0.6 is 11.6 Å². The Hall–Kier alpha value is -1.06. The van der Waals surface area contributed by atoms with Crippen molar-refractivity contribution in [3.63, 3.8) is 0 Å². The van der Waals surface area contributed by atoms with E-state index in [0.29, 0.717) is 18.9 Å². The Morgan fingerprint density at radius 3 is 2.79 bits per heavy atom. The van der Waals surface area contributed by atoms with Gasteiger partial charge in [-0.3, -0.25) is 4.79 Å². The second-order valence-corrected chi connectivity index (χ2v) is 5.64. The van der Waals surface area contributed by atoms with Crippen LogP contribution in [-0.2, 0) is 21.7 Å². The van der Waals surface area contributed by atoms with Crippen LogP contribution in [0.4, 0.5) is 0 Å². The highest BCUT2D eigenvalue weighted by atomic mass is 35.5. The lowest BCUT2D eigenvalue weighted by molar-refractivity contribution is -0.138. The normalized spacial score (nSPS) is 20.6. The largest absolute Gasteiger partial charge is 0.365 e. The molecule has 1 saturated heterocycles. The minimum absolute atomic E-state index is 0.158. The fourth-order valence-corrected chi connectivity index (χ4v) is 3.32. The van der Waals surface area contributed by atoms with Crippen molar-refractivity contribution in [2.24, 2.45) is 0 Å². The van der Waals surface area contributed by atoms with E-state index in [-0.39, 0.29) is 11.5 Å². The summed E-state index contributed by atoms with van der Waals surface area (Å²) in [5, 5.41) is 0. The fourth-order valence-electron chi connectivity index (χ4n) is 3.15. The number of amides is 1. The second-order valence-electron chi connectivity index (χ2n) is 5.26. The summed E-state index contributed by atoms with van der Waals surface area (Å²) in [7, 11) is 0. The van der Waals surface area contributed by atoms with Crippen LogP contribution in [0.5, 0.6) is 0 Å². The highest BCUT2D eigenvalue weighted by Gasteiger charge is 2.42. The van der Waals surface area contributed by atoms with Gasteiger partial charge in [0.15, 0.2) is 0 Å². The minimum Gasteiger partial charge on any atom is -0.365 e. The van der Waals surface area contributed by atoms with E-state index in [0.717, 1.165) is 25.9 Å². The maximum Gasteiger partial charge on any atom is 0.223 e. The predicted octanol–water partition coefficient (Wildman–Crippen LogP) is 2.66. The van der Waals surface area contributed by atoms with Gasteiger partial charge in [-0.2, -0.15) is 0 Å². The molecule has 2 aliphatic heterocycles. The van der Waals surface area contributed by atoms with Gasteiger partial charge in [0, 0.05) is 25.4 Å². The lowest BCUT2D eigenvalue weighted by Crippen LogP contribution is -2.45. The molecule has 1 aromatic carbocycles. The molecule has 0 N–H and O–H groups in total. The maximum atomic E-state index is 11.8. The van der Waals surface area contributed by atoms with Crippen LogP contribution in [0, 0.1) is 0 Å². The second kappa shape index (κ2) is 5.14. The van der Waals surface area contributed by atoms with Gasteiger partial charge in [-0.05, 0) is 24.0 Å². The molecule has 0 aromatic heterocycles. The Morgan fingerprint density at radius 2 is 2.05 bits per heavy atom. The van der Waals surface area contributed by atoms with Crippen LogP contribution in [0.25, 0.3) is 0 Å². The zero-order chi connectivity index (χ0) is 13.3. The molecule has 0 unspecified atom stereocenters. The van der Waals surface area contributed by atoms with Crippen LogP contribution < -0.4 is 0 Å². The van der Waals surface area contributed by atoms with Gasteiger partial charge in [0.2, 0.25) is 5.91 Å². The van der Waals surface area contributed by atoms with Crippen LogP contribution in [-0.4, -0.2) is 29.8 Å². The first-order chi connectivity index (χ1) is 9.25. The van der Waals surface area contributed by atoms with E-state index in [1.54, 1.807) is 0 Å². The number of piperidine rings is 1. The van der Waals surface area contributed by atoms with Gasteiger partial charge in [-0.15, -0.1) is 11.6 Å². The van der Waals surface area contributed by atoms with Crippen molar-refractivity contribution in [2.45, 2.75) is 31.5 Å². The van der Waals surface area contributed by atoms with Crippen molar-refractivity contribution < 1.29 is 9.53 Å².